The van der Waals surface area contributed by atoms with Crippen molar-refractivity contribution >= 4 is 22.7 Å². The van der Waals surface area contributed by atoms with Crippen LogP contribution >= 0.6 is 0 Å². The van der Waals surface area contributed by atoms with Crippen LogP contribution in [-0.2, 0) is 4.79 Å². The van der Waals surface area contributed by atoms with Crippen LogP contribution in [0.3, 0.4) is 0 Å². The quantitative estimate of drug-likeness (QED) is 0.868. The molecule has 1 aliphatic rings. The standard InChI is InChI=1S/C14H16N4O2/c1-18(8-13(19)16-11-4-5-11)14(20)9-2-3-10-7-15-17-12(10)6-9/h2-3,6-7,11H,4-5,8H2,1H3,(H,15,17)(H,16,19). The van der Waals surface area contributed by atoms with Crippen molar-refractivity contribution in [3.63, 3.8) is 0 Å². The van der Waals surface area contributed by atoms with E-state index in [9.17, 15) is 9.59 Å². The van der Waals surface area contributed by atoms with Crippen LogP contribution in [-0.4, -0.2) is 46.5 Å². The number of hydrogen-bond donors (Lipinski definition) is 2. The number of rotatable bonds is 4. The lowest BCUT2D eigenvalue weighted by Crippen LogP contribution is -2.39. The second-order valence-electron chi connectivity index (χ2n) is 5.18. The summed E-state index contributed by atoms with van der Waals surface area (Å²) in [5.74, 6) is -0.279. The normalized spacial score (nSPS) is 14.2. The fourth-order valence-electron chi connectivity index (χ4n) is 2.08. The van der Waals surface area contributed by atoms with Gasteiger partial charge in [-0.25, -0.2) is 0 Å². The maximum absolute atomic E-state index is 12.3. The second-order valence-corrected chi connectivity index (χ2v) is 5.18. The second kappa shape index (κ2) is 4.96. The van der Waals surface area contributed by atoms with Gasteiger partial charge in [-0.2, -0.15) is 5.10 Å². The van der Waals surface area contributed by atoms with Gasteiger partial charge in [0.05, 0.1) is 18.3 Å². The molecule has 0 unspecified atom stereocenters. The highest BCUT2D eigenvalue weighted by atomic mass is 16.2. The van der Waals surface area contributed by atoms with Crippen LogP contribution in [0.2, 0.25) is 0 Å². The minimum Gasteiger partial charge on any atom is -0.352 e. The molecule has 0 radical (unpaired) electrons. The minimum atomic E-state index is -0.174. The van der Waals surface area contributed by atoms with Crippen molar-refractivity contribution in [2.45, 2.75) is 18.9 Å². The van der Waals surface area contributed by atoms with Crippen LogP contribution in [0.5, 0.6) is 0 Å². The summed E-state index contributed by atoms with van der Waals surface area (Å²) in [7, 11) is 1.63. The molecule has 0 spiro atoms. The number of carbonyl (C=O) groups excluding carboxylic acids is 2. The zero-order valence-electron chi connectivity index (χ0n) is 11.2. The smallest absolute Gasteiger partial charge is 0.254 e. The first-order valence-electron chi connectivity index (χ1n) is 6.61. The third-order valence-electron chi connectivity index (χ3n) is 3.36. The fraction of sp³-hybridized carbons (Fsp3) is 0.357. The number of amides is 2. The van der Waals surface area contributed by atoms with Gasteiger partial charge in [0.1, 0.15) is 0 Å². The maximum atomic E-state index is 12.3. The molecule has 6 nitrogen and oxygen atoms in total. The van der Waals surface area contributed by atoms with E-state index in [2.05, 4.69) is 15.5 Å². The first kappa shape index (κ1) is 12.7. The summed E-state index contributed by atoms with van der Waals surface area (Å²) >= 11 is 0. The predicted molar refractivity (Wildman–Crippen MR) is 74.2 cm³/mol. The van der Waals surface area contributed by atoms with Crippen molar-refractivity contribution in [1.82, 2.24) is 20.4 Å². The van der Waals surface area contributed by atoms with E-state index in [4.69, 9.17) is 0 Å². The van der Waals surface area contributed by atoms with Gasteiger partial charge in [0, 0.05) is 24.0 Å². The Kier molecular flexibility index (Phi) is 3.14. The molecule has 1 saturated carbocycles. The highest BCUT2D eigenvalue weighted by molar-refractivity contribution is 5.99. The molecule has 1 aromatic heterocycles. The number of nitrogens with one attached hydrogen (secondary N) is 2. The van der Waals surface area contributed by atoms with E-state index < -0.39 is 0 Å². The fourth-order valence-corrected chi connectivity index (χ4v) is 2.08. The molecule has 20 heavy (non-hydrogen) atoms. The van der Waals surface area contributed by atoms with Gasteiger partial charge in [-0.15, -0.1) is 0 Å². The third-order valence-corrected chi connectivity index (χ3v) is 3.36. The summed E-state index contributed by atoms with van der Waals surface area (Å²) in [5, 5.41) is 10.6. The average Bonchev–Trinajstić information content (AvgIpc) is 3.11. The lowest BCUT2D eigenvalue weighted by atomic mass is 10.1. The Morgan fingerprint density at radius 1 is 1.45 bits per heavy atom. The first-order chi connectivity index (χ1) is 9.63. The Morgan fingerprint density at radius 2 is 2.25 bits per heavy atom. The molecule has 3 rings (SSSR count). The lowest BCUT2D eigenvalue weighted by molar-refractivity contribution is -0.121. The number of carbonyl (C=O) groups is 2. The predicted octanol–water partition coefficient (Wildman–Crippen LogP) is 0.913. The molecule has 2 aromatic rings. The zero-order valence-corrected chi connectivity index (χ0v) is 11.2. The number of benzene rings is 1. The van der Waals surface area contributed by atoms with Crippen LogP contribution in [0.1, 0.15) is 23.2 Å². The van der Waals surface area contributed by atoms with Gasteiger partial charge in [-0.3, -0.25) is 14.7 Å². The number of nitrogens with zero attached hydrogens (tertiary/aromatic N) is 2. The Bertz CT molecular complexity index is 660. The van der Waals surface area contributed by atoms with Gasteiger partial charge in [-0.05, 0) is 25.0 Å². The number of aromatic nitrogens is 2. The molecule has 1 fully saturated rings. The Morgan fingerprint density at radius 3 is 3.00 bits per heavy atom. The highest BCUT2D eigenvalue weighted by Crippen LogP contribution is 2.18. The van der Waals surface area contributed by atoms with Gasteiger partial charge >= 0.3 is 0 Å². The van der Waals surface area contributed by atoms with E-state index >= 15 is 0 Å². The molecule has 1 heterocycles. The first-order valence-corrected chi connectivity index (χ1v) is 6.61. The van der Waals surface area contributed by atoms with E-state index in [1.54, 1.807) is 25.4 Å². The van der Waals surface area contributed by atoms with Crippen molar-refractivity contribution in [3.8, 4) is 0 Å². The summed E-state index contributed by atoms with van der Waals surface area (Å²) < 4.78 is 0. The molecular weight excluding hydrogens is 256 g/mol. The van der Waals surface area contributed by atoms with E-state index in [0.717, 1.165) is 23.7 Å². The van der Waals surface area contributed by atoms with Crippen molar-refractivity contribution in [2.75, 3.05) is 13.6 Å². The molecule has 0 bridgehead atoms. The molecule has 2 amide bonds. The van der Waals surface area contributed by atoms with Gasteiger partial charge in [0.25, 0.3) is 5.91 Å². The molecule has 0 aliphatic heterocycles. The summed E-state index contributed by atoms with van der Waals surface area (Å²) in [6.45, 7) is 0.0797. The third kappa shape index (κ3) is 2.64. The Hall–Kier alpha value is -2.37. The topological polar surface area (TPSA) is 78.1 Å². The molecule has 2 N–H and O–H groups in total. The molecule has 6 heteroatoms. The molecule has 1 aromatic carbocycles. The molecule has 1 aliphatic carbocycles. The van der Waals surface area contributed by atoms with Crippen LogP contribution in [0, 0.1) is 0 Å². The SMILES string of the molecule is CN(CC(=O)NC1CC1)C(=O)c1ccc2cn[nH]c2c1. The van der Waals surface area contributed by atoms with E-state index in [1.165, 1.54) is 4.90 Å². The average molecular weight is 272 g/mol. The molecule has 0 atom stereocenters. The van der Waals surface area contributed by atoms with Crippen molar-refractivity contribution in [1.29, 1.82) is 0 Å². The number of likely N-dealkylation sites (N-methyl/N-ethyl adjacent to an activating group) is 1. The van der Waals surface area contributed by atoms with E-state index in [-0.39, 0.29) is 18.4 Å². The van der Waals surface area contributed by atoms with Gasteiger partial charge in [-0.1, -0.05) is 6.07 Å². The van der Waals surface area contributed by atoms with Crippen molar-refractivity contribution < 1.29 is 9.59 Å². The number of fused-ring (bicyclic) bond motifs is 1. The van der Waals surface area contributed by atoms with Crippen LogP contribution in [0.25, 0.3) is 10.9 Å². The summed E-state index contributed by atoms with van der Waals surface area (Å²) in [5.41, 5.74) is 1.36. The van der Waals surface area contributed by atoms with Crippen LogP contribution in [0.4, 0.5) is 0 Å². The monoisotopic (exact) mass is 272 g/mol. The van der Waals surface area contributed by atoms with Crippen molar-refractivity contribution in [3.05, 3.63) is 30.0 Å². The summed E-state index contributed by atoms with van der Waals surface area (Å²) in [4.78, 5) is 25.4. The molecular formula is C14H16N4O2. The van der Waals surface area contributed by atoms with Gasteiger partial charge < -0.3 is 10.2 Å². The Labute approximate surface area is 116 Å². The van der Waals surface area contributed by atoms with Crippen LogP contribution < -0.4 is 5.32 Å². The number of hydrogen-bond acceptors (Lipinski definition) is 3. The summed E-state index contributed by atoms with van der Waals surface area (Å²) in [6, 6.07) is 5.65. The van der Waals surface area contributed by atoms with E-state index in [1.807, 2.05) is 6.07 Å². The lowest BCUT2D eigenvalue weighted by Gasteiger charge is -2.16. The molecule has 0 saturated heterocycles. The summed E-state index contributed by atoms with van der Waals surface area (Å²) in [6.07, 6.45) is 3.79. The van der Waals surface area contributed by atoms with Crippen molar-refractivity contribution in [2.24, 2.45) is 0 Å². The van der Waals surface area contributed by atoms with Gasteiger partial charge in [0.2, 0.25) is 5.91 Å². The van der Waals surface area contributed by atoms with Crippen LogP contribution in [0.15, 0.2) is 24.4 Å². The number of H-pyrrole nitrogens is 1. The highest BCUT2D eigenvalue weighted by Gasteiger charge is 2.24. The minimum absolute atomic E-state index is 0.0797. The molecule has 104 valence electrons. The largest absolute Gasteiger partial charge is 0.352 e. The number of aromatic amines is 1. The zero-order chi connectivity index (χ0) is 14.1. The Balaban J connectivity index is 1.68. The van der Waals surface area contributed by atoms with Gasteiger partial charge in [0.15, 0.2) is 0 Å². The maximum Gasteiger partial charge on any atom is 0.254 e. The van der Waals surface area contributed by atoms with E-state index in [0.29, 0.717) is 11.6 Å².